The first-order valence-electron chi connectivity index (χ1n) is 29.5. The first kappa shape index (κ1) is 69.0. The second-order valence-corrected chi connectivity index (χ2v) is 18.8. The second-order valence-electron chi connectivity index (χ2n) is 18.8. The van der Waals surface area contributed by atoms with E-state index in [0.29, 0.717) is 12.8 Å². The highest BCUT2D eigenvalue weighted by Gasteiger charge is 2.19. The van der Waals surface area contributed by atoms with Gasteiger partial charge in [0.15, 0.2) is 6.10 Å². The van der Waals surface area contributed by atoms with Gasteiger partial charge in [-0.25, -0.2) is 0 Å². The minimum atomic E-state index is -0.820. The van der Waals surface area contributed by atoms with Gasteiger partial charge in [0, 0.05) is 19.3 Å². The van der Waals surface area contributed by atoms with E-state index in [1.807, 2.05) is 0 Å². The number of unbranched alkanes of at least 4 members (excludes halogenated alkanes) is 14. The summed E-state index contributed by atoms with van der Waals surface area (Å²) in [6.07, 6.45) is 88.1. The van der Waals surface area contributed by atoms with Crippen molar-refractivity contribution >= 4 is 17.9 Å². The third-order valence-electron chi connectivity index (χ3n) is 11.7. The molecule has 0 aliphatic carbocycles. The summed E-state index contributed by atoms with van der Waals surface area (Å²) in [6.45, 7) is 6.30. The van der Waals surface area contributed by atoms with Gasteiger partial charge in [0.25, 0.3) is 0 Å². The maximum absolute atomic E-state index is 12.9. The molecule has 0 spiro atoms. The molecule has 414 valence electrons. The molecule has 1 unspecified atom stereocenters. The van der Waals surface area contributed by atoms with Crippen molar-refractivity contribution in [1.82, 2.24) is 0 Å². The Balaban J connectivity index is 4.48. The molecule has 0 saturated carbocycles. The fourth-order valence-electron chi connectivity index (χ4n) is 7.38. The lowest BCUT2D eigenvalue weighted by molar-refractivity contribution is -0.167. The van der Waals surface area contributed by atoms with Crippen molar-refractivity contribution in [2.75, 3.05) is 13.2 Å². The van der Waals surface area contributed by atoms with E-state index in [2.05, 4.69) is 179 Å². The van der Waals surface area contributed by atoms with E-state index in [0.717, 1.165) is 154 Å². The molecule has 6 nitrogen and oxygen atoms in total. The molecule has 0 radical (unpaired) electrons. The van der Waals surface area contributed by atoms with Crippen molar-refractivity contribution in [3.63, 3.8) is 0 Å². The second kappa shape index (κ2) is 60.6. The summed E-state index contributed by atoms with van der Waals surface area (Å²) in [4.78, 5) is 38.1. The zero-order chi connectivity index (χ0) is 53.6. The molecule has 6 heteroatoms. The number of esters is 3. The lowest BCUT2D eigenvalue weighted by atomic mass is 10.1. The highest BCUT2D eigenvalue weighted by molar-refractivity contribution is 5.71. The highest BCUT2D eigenvalue weighted by atomic mass is 16.6. The molecule has 1 atom stereocenters. The van der Waals surface area contributed by atoms with Gasteiger partial charge in [-0.15, -0.1) is 0 Å². The van der Waals surface area contributed by atoms with Gasteiger partial charge in [-0.2, -0.15) is 0 Å². The van der Waals surface area contributed by atoms with Crippen molar-refractivity contribution in [1.29, 1.82) is 0 Å². The summed E-state index contributed by atoms with van der Waals surface area (Å²) in [5.41, 5.74) is 0. The van der Waals surface area contributed by atoms with Crippen LogP contribution in [0.5, 0.6) is 0 Å². The molecular formula is C68H106O6. The molecule has 0 fully saturated rings. The van der Waals surface area contributed by atoms with Gasteiger partial charge >= 0.3 is 17.9 Å². The van der Waals surface area contributed by atoms with Crippen LogP contribution in [0.3, 0.4) is 0 Å². The summed E-state index contributed by atoms with van der Waals surface area (Å²) < 4.78 is 16.8. The Labute approximate surface area is 454 Å². The maximum atomic E-state index is 12.9. The van der Waals surface area contributed by atoms with Crippen molar-refractivity contribution < 1.29 is 28.6 Å². The number of hydrogen-bond acceptors (Lipinski definition) is 6. The molecule has 0 N–H and O–H groups in total. The van der Waals surface area contributed by atoms with E-state index in [1.165, 1.54) is 32.1 Å². The Bertz CT molecular complexity index is 1690. The lowest BCUT2D eigenvalue weighted by Crippen LogP contribution is -2.30. The minimum absolute atomic E-state index is 0.113. The molecule has 74 heavy (non-hydrogen) atoms. The Morgan fingerprint density at radius 2 is 0.527 bits per heavy atom. The zero-order valence-corrected chi connectivity index (χ0v) is 47.3. The third-order valence-corrected chi connectivity index (χ3v) is 11.7. The normalized spacial score (nSPS) is 13.3. The Morgan fingerprint density at radius 3 is 0.865 bits per heavy atom. The van der Waals surface area contributed by atoms with Crippen LogP contribution in [-0.2, 0) is 28.6 Å². The number of allylic oxidation sites excluding steroid dienone is 26. The molecule has 0 aromatic heterocycles. The van der Waals surface area contributed by atoms with Gasteiger partial charge in [0.2, 0.25) is 0 Å². The van der Waals surface area contributed by atoms with Gasteiger partial charge in [0.1, 0.15) is 13.2 Å². The molecule has 0 saturated heterocycles. The molecule has 0 aromatic carbocycles. The summed E-state index contributed by atoms with van der Waals surface area (Å²) in [5.74, 6) is -1.000. The van der Waals surface area contributed by atoms with E-state index in [4.69, 9.17) is 14.2 Å². The fraction of sp³-hybridized carbons (Fsp3) is 0.574. The summed E-state index contributed by atoms with van der Waals surface area (Å²) in [6, 6.07) is 0. The number of carbonyl (C=O) groups excluding carboxylic acids is 3. The fourth-order valence-corrected chi connectivity index (χ4v) is 7.38. The van der Waals surface area contributed by atoms with E-state index >= 15 is 0 Å². The molecule has 0 aromatic rings. The molecule has 0 aliphatic heterocycles. The van der Waals surface area contributed by atoms with Crippen molar-refractivity contribution in [2.45, 2.75) is 239 Å². The van der Waals surface area contributed by atoms with Gasteiger partial charge in [-0.1, -0.05) is 224 Å². The average molecular weight is 1020 g/mol. The van der Waals surface area contributed by atoms with E-state index < -0.39 is 6.10 Å². The quantitative estimate of drug-likeness (QED) is 0.0261. The molecule has 0 heterocycles. The van der Waals surface area contributed by atoms with Crippen LogP contribution >= 0.6 is 0 Å². The van der Waals surface area contributed by atoms with Crippen LogP contribution < -0.4 is 0 Å². The topological polar surface area (TPSA) is 78.9 Å². The van der Waals surface area contributed by atoms with E-state index in [-0.39, 0.29) is 44.0 Å². The van der Waals surface area contributed by atoms with Crippen LogP contribution in [0.2, 0.25) is 0 Å². The smallest absolute Gasteiger partial charge is 0.306 e. The van der Waals surface area contributed by atoms with Crippen LogP contribution in [0.4, 0.5) is 0 Å². The lowest BCUT2D eigenvalue weighted by Gasteiger charge is -2.18. The number of carbonyl (C=O) groups is 3. The molecule has 0 aliphatic rings. The predicted octanol–water partition coefficient (Wildman–Crippen LogP) is 20.1. The van der Waals surface area contributed by atoms with Crippen molar-refractivity contribution in [2.24, 2.45) is 0 Å². The average Bonchev–Trinajstić information content (AvgIpc) is 3.40. The van der Waals surface area contributed by atoms with E-state index in [1.54, 1.807) is 0 Å². The molecular weight excluding hydrogens is 913 g/mol. The predicted molar refractivity (Wildman–Crippen MR) is 320 cm³/mol. The van der Waals surface area contributed by atoms with Crippen molar-refractivity contribution in [3.8, 4) is 0 Å². The van der Waals surface area contributed by atoms with E-state index in [9.17, 15) is 14.4 Å². The van der Waals surface area contributed by atoms with Gasteiger partial charge in [-0.3, -0.25) is 14.4 Å². The first-order valence-corrected chi connectivity index (χ1v) is 29.5. The molecule has 0 amide bonds. The molecule has 0 rings (SSSR count). The summed E-state index contributed by atoms with van der Waals surface area (Å²) >= 11 is 0. The molecule has 0 bridgehead atoms. The monoisotopic (exact) mass is 1020 g/mol. The van der Waals surface area contributed by atoms with Gasteiger partial charge < -0.3 is 14.2 Å². The number of hydrogen-bond donors (Lipinski definition) is 0. The summed E-state index contributed by atoms with van der Waals surface area (Å²) in [7, 11) is 0. The third kappa shape index (κ3) is 57.9. The Morgan fingerprint density at radius 1 is 0.284 bits per heavy atom. The standard InChI is InChI=1S/C68H106O6/c1-4-7-10-13-16-19-22-25-27-29-30-31-32-33-34-35-36-37-38-40-41-43-46-49-52-55-58-61-67(70)73-64-65(63-72-66(69)60-57-54-51-48-45-24-21-18-15-12-9-6-3)74-68(71)62-59-56-53-50-47-44-42-39-28-26-23-20-17-14-11-8-5-2/h7-8,10-11,16-21,25-28,30-31,33-34,36-37,40-42,44,46,49,65H,4-6,9,12-15,22-24,29,32,35,38-39,43,45,47-48,50-64H2,1-3H3/b10-7-,11-8-,19-16-,20-17-,21-18-,27-25-,28-26-,31-30-,34-33-,37-36-,41-40-,44-42-,49-46-. The summed E-state index contributed by atoms with van der Waals surface area (Å²) in [5, 5.41) is 0. The van der Waals surface area contributed by atoms with Gasteiger partial charge in [0.05, 0.1) is 0 Å². The van der Waals surface area contributed by atoms with Crippen LogP contribution in [0.25, 0.3) is 0 Å². The Kier molecular flexibility index (Phi) is 56.5. The van der Waals surface area contributed by atoms with Crippen LogP contribution in [0.1, 0.15) is 233 Å². The van der Waals surface area contributed by atoms with Gasteiger partial charge in [-0.05, 0) is 148 Å². The first-order chi connectivity index (χ1) is 36.5. The largest absolute Gasteiger partial charge is 0.462 e. The van der Waals surface area contributed by atoms with Crippen LogP contribution in [-0.4, -0.2) is 37.2 Å². The van der Waals surface area contributed by atoms with Crippen molar-refractivity contribution in [3.05, 3.63) is 158 Å². The maximum Gasteiger partial charge on any atom is 0.306 e. The van der Waals surface area contributed by atoms with Crippen LogP contribution in [0.15, 0.2) is 158 Å². The number of ether oxygens (including phenoxy) is 3. The highest BCUT2D eigenvalue weighted by Crippen LogP contribution is 2.12. The number of rotatable bonds is 51. The zero-order valence-electron chi connectivity index (χ0n) is 47.3. The minimum Gasteiger partial charge on any atom is -0.462 e. The van der Waals surface area contributed by atoms with Crippen LogP contribution in [0, 0.1) is 0 Å². The SMILES string of the molecule is CC/C=C\C/C=C\C/C=C\C/C=C\C/C=C\C/C=C\C/C=C\C/C=C\CCCCC(=O)OCC(COC(=O)CCCCCCC/C=C\CCCCC)OC(=O)CCCCCC/C=C\C/C=C\C/C=C\C/C=C\CC. The Hall–Kier alpha value is -4.97.